The Balaban J connectivity index is 1.35. The summed E-state index contributed by atoms with van der Waals surface area (Å²) in [5.41, 5.74) is 2.55. The molecule has 2 N–H and O–H groups in total. The second-order valence-corrected chi connectivity index (χ2v) is 10.2. The number of rotatable bonds is 13. The van der Waals surface area contributed by atoms with Crippen LogP contribution in [-0.4, -0.2) is 80.6 Å². The summed E-state index contributed by atoms with van der Waals surface area (Å²) in [5, 5.41) is 10.8. The lowest BCUT2D eigenvalue weighted by molar-refractivity contribution is -0.151. The predicted octanol–water partition coefficient (Wildman–Crippen LogP) is 2.37. The van der Waals surface area contributed by atoms with Gasteiger partial charge in [0.15, 0.2) is 47.3 Å². The molecule has 0 amide bonds. The molecule has 0 bridgehead atoms. The maximum Gasteiger partial charge on any atom is 0.293 e. The third-order valence-corrected chi connectivity index (χ3v) is 7.48. The molecule has 6 rings (SSSR count). The highest BCUT2D eigenvalue weighted by atomic mass is 16.6. The molecule has 2 fully saturated rings. The minimum atomic E-state index is -1.04. The molecule has 4 aromatic rings. The average Bonchev–Trinajstić information content (AvgIpc) is 3.77. The van der Waals surface area contributed by atoms with Crippen LogP contribution < -0.4 is 10.6 Å². The molecule has 0 radical (unpaired) electrons. The predicted molar refractivity (Wildman–Crippen MR) is 150 cm³/mol. The number of nitrogens with zero attached hydrogens (tertiary/aromatic N) is 6. The Hall–Kier alpha value is -4.63. The number of fused-ring (bicyclic) bond motifs is 1. The number of hydrogen-bond acceptors (Lipinski definition) is 14. The van der Waals surface area contributed by atoms with Gasteiger partial charge in [-0.05, 0) is 31.4 Å². The van der Waals surface area contributed by atoms with Crippen molar-refractivity contribution in [2.24, 2.45) is 0 Å². The van der Waals surface area contributed by atoms with Gasteiger partial charge in [0.2, 0.25) is 5.95 Å². The Kier molecular flexibility index (Phi) is 8.70. The molecule has 6 heterocycles. The fourth-order valence-corrected chi connectivity index (χ4v) is 5.31. The standard InChI is InChI=1S/C28H32N8O7/c1-2-17-13-20(43-35-17)22-23(40-15-37)24(41-16-38)27(42-22)36-14-31-21-25(32-19-7-11-39-12-8-19)33-28(34-26(21)36)30-10-6-18-5-3-4-9-29-18/h3-5,9,13-16,19,22-24,27H,2,6-8,10-12H2,1H3,(H2,30,32,33,34)/t22-,23-,24-,27-/m1/s1. The number of carbonyl (C=O) groups is 2. The first kappa shape index (κ1) is 28.5. The third-order valence-electron chi connectivity index (χ3n) is 7.48. The van der Waals surface area contributed by atoms with Crippen LogP contribution in [0.15, 0.2) is 41.3 Å². The van der Waals surface area contributed by atoms with Crippen LogP contribution in [-0.2, 0) is 41.4 Å². The van der Waals surface area contributed by atoms with Gasteiger partial charge in [-0.2, -0.15) is 9.97 Å². The van der Waals surface area contributed by atoms with E-state index in [-0.39, 0.29) is 12.5 Å². The van der Waals surface area contributed by atoms with Crippen molar-refractivity contribution in [2.75, 3.05) is 30.4 Å². The lowest BCUT2D eigenvalue weighted by Gasteiger charge is -2.24. The van der Waals surface area contributed by atoms with Crippen molar-refractivity contribution in [3.8, 4) is 0 Å². The second-order valence-electron chi connectivity index (χ2n) is 10.2. The van der Waals surface area contributed by atoms with Crippen molar-refractivity contribution < 1.29 is 33.1 Å². The van der Waals surface area contributed by atoms with Crippen LogP contribution >= 0.6 is 0 Å². The summed E-state index contributed by atoms with van der Waals surface area (Å²) in [6.07, 6.45) is 2.30. The fourth-order valence-electron chi connectivity index (χ4n) is 5.31. The Morgan fingerprint density at radius 3 is 2.65 bits per heavy atom. The van der Waals surface area contributed by atoms with Crippen molar-refractivity contribution >= 4 is 35.9 Å². The number of aryl methyl sites for hydroxylation is 1. The summed E-state index contributed by atoms with van der Waals surface area (Å²) in [7, 11) is 0. The highest BCUT2D eigenvalue weighted by Crippen LogP contribution is 2.43. The van der Waals surface area contributed by atoms with E-state index in [4.69, 9.17) is 33.4 Å². The molecule has 15 heteroatoms. The third kappa shape index (κ3) is 6.12. The number of pyridine rings is 1. The van der Waals surface area contributed by atoms with E-state index in [2.05, 4.69) is 25.8 Å². The molecule has 226 valence electrons. The summed E-state index contributed by atoms with van der Waals surface area (Å²) in [6, 6.07) is 7.63. The van der Waals surface area contributed by atoms with Gasteiger partial charge in [0.05, 0.1) is 12.0 Å². The fraction of sp³-hybridized carbons (Fsp3) is 0.464. The molecular weight excluding hydrogens is 560 g/mol. The monoisotopic (exact) mass is 592 g/mol. The Labute approximate surface area is 246 Å². The Morgan fingerprint density at radius 2 is 1.91 bits per heavy atom. The molecule has 15 nitrogen and oxygen atoms in total. The van der Waals surface area contributed by atoms with Crippen molar-refractivity contribution in [3.63, 3.8) is 0 Å². The summed E-state index contributed by atoms with van der Waals surface area (Å²) in [4.78, 5) is 41.6. The maximum absolute atomic E-state index is 11.6. The summed E-state index contributed by atoms with van der Waals surface area (Å²) in [6.45, 7) is 4.35. The van der Waals surface area contributed by atoms with Gasteiger partial charge < -0.3 is 34.1 Å². The normalized spacial score (nSPS) is 22.3. The molecule has 0 aromatic carbocycles. The first-order valence-corrected chi connectivity index (χ1v) is 14.2. The maximum atomic E-state index is 11.6. The van der Waals surface area contributed by atoms with Crippen LogP contribution in [0.1, 0.15) is 49.2 Å². The molecule has 2 aliphatic rings. The topological polar surface area (TPSA) is 178 Å². The molecule has 43 heavy (non-hydrogen) atoms. The molecule has 0 saturated carbocycles. The summed E-state index contributed by atoms with van der Waals surface area (Å²) in [5.74, 6) is 1.25. The molecule has 2 saturated heterocycles. The van der Waals surface area contributed by atoms with Gasteiger partial charge in [0.1, 0.15) is 0 Å². The van der Waals surface area contributed by atoms with Crippen LogP contribution in [0.3, 0.4) is 0 Å². The van der Waals surface area contributed by atoms with Crippen LogP contribution in [0.4, 0.5) is 11.8 Å². The highest BCUT2D eigenvalue weighted by molar-refractivity contribution is 5.84. The summed E-state index contributed by atoms with van der Waals surface area (Å²) >= 11 is 0. The van der Waals surface area contributed by atoms with E-state index in [1.165, 1.54) is 6.33 Å². The van der Waals surface area contributed by atoms with Gasteiger partial charge in [-0.3, -0.25) is 19.1 Å². The Bertz CT molecular complexity index is 1520. The van der Waals surface area contributed by atoms with Gasteiger partial charge in [-0.15, -0.1) is 0 Å². The van der Waals surface area contributed by atoms with Crippen molar-refractivity contribution in [1.82, 2.24) is 29.7 Å². The van der Waals surface area contributed by atoms with E-state index < -0.39 is 24.5 Å². The number of carbonyl (C=O) groups excluding carboxylic acids is 2. The van der Waals surface area contributed by atoms with Crippen LogP contribution in [0.5, 0.6) is 0 Å². The van der Waals surface area contributed by atoms with Crippen molar-refractivity contribution in [1.29, 1.82) is 0 Å². The highest BCUT2D eigenvalue weighted by Gasteiger charge is 2.51. The molecule has 4 atom stereocenters. The second kappa shape index (κ2) is 13.1. The summed E-state index contributed by atoms with van der Waals surface area (Å²) < 4.78 is 29.8. The first-order chi connectivity index (χ1) is 21.2. The van der Waals surface area contributed by atoms with Crippen LogP contribution in [0, 0.1) is 0 Å². The van der Waals surface area contributed by atoms with Crippen molar-refractivity contribution in [2.45, 2.75) is 63.2 Å². The number of hydrogen-bond donors (Lipinski definition) is 2. The minimum Gasteiger partial charge on any atom is -0.457 e. The van der Waals surface area contributed by atoms with E-state index >= 15 is 0 Å². The SMILES string of the molecule is CCc1cc([C@H]2O[C@@H](n3cnc4c(NC5CCOCC5)nc(NCCc5ccccn5)nc43)[C@H](OC=O)[C@@H]2OC=O)on1. The van der Waals surface area contributed by atoms with Crippen LogP contribution in [0.25, 0.3) is 11.2 Å². The zero-order valence-electron chi connectivity index (χ0n) is 23.5. The largest absolute Gasteiger partial charge is 0.457 e. The molecule has 4 aromatic heterocycles. The lowest BCUT2D eigenvalue weighted by Crippen LogP contribution is -2.34. The van der Waals surface area contributed by atoms with Gasteiger partial charge in [0.25, 0.3) is 12.9 Å². The van der Waals surface area contributed by atoms with E-state index in [1.807, 2.05) is 25.1 Å². The zero-order valence-corrected chi connectivity index (χ0v) is 23.5. The molecule has 0 unspecified atom stereocenters. The smallest absolute Gasteiger partial charge is 0.293 e. The lowest BCUT2D eigenvalue weighted by atomic mass is 10.1. The van der Waals surface area contributed by atoms with Crippen LogP contribution in [0.2, 0.25) is 0 Å². The minimum absolute atomic E-state index is 0.140. The van der Waals surface area contributed by atoms with Gasteiger partial charge in [-0.25, -0.2) is 4.98 Å². The van der Waals surface area contributed by atoms with Gasteiger partial charge >= 0.3 is 0 Å². The molecule has 0 aliphatic carbocycles. The number of nitrogens with one attached hydrogen (secondary N) is 2. The van der Waals surface area contributed by atoms with E-state index in [1.54, 1.807) is 16.8 Å². The first-order valence-electron chi connectivity index (χ1n) is 14.2. The molecule has 2 aliphatic heterocycles. The quantitative estimate of drug-likeness (QED) is 0.216. The number of aromatic nitrogens is 6. The van der Waals surface area contributed by atoms with Gasteiger partial charge in [0, 0.05) is 50.2 Å². The van der Waals surface area contributed by atoms with E-state index in [0.717, 1.165) is 18.5 Å². The molecule has 0 spiro atoms. The molecular formula is C28H32N8O7. The average molecular weight is 593 g/mol. The number of anilines is 2. The van der Waals surface area contributed by atoms with Crippen molar-refractivity contribution in [3.05, 3.63) is 53.9 Å². The zero-order chi connectivity index (χ0) is 29.6. The van der Waals surface area contributed by atoms with Gasteiger partial charge in [-0.1, -0.05) is 18.1 Å². The number of imidazole rings is 1. The number of ether oxygens (including phenoxy) is 4. The van der Waals surface area contributed by atoms with E-state index in [0.29, 0.717) is 73.5 Å². The Morgan fingerprint density at radius 1 is 1.07 bits per heavy atom. The van der Waals surface area contributed by atoms with E-state index in [9.17, 15) is 9.59 Å².